The molecule has 0 saturated carbocycles. The number of hydrogen-bond acceptors (Lipinski definition) is 6. The van der Waals surface area contributed by atoms with E-state index in [0.29, 0.717) is 23.4 Å². The van der Waals surface area contributed by atoms with Crippen LogP contribution in [0.15, 0.2) is 64.8 Å². The number of nitrogens with zero attached hydrogens (tertiary/aromatic N) is 3. The highest BCUT2D eigenvalue weighted by Crippen LogP contribution is 2.38. The molecule has 7 nitrogen and oxygen atoms in total. The average Bonchev–Trinajstić information content (AvgIpc) is 3.33. The van der Waals surface area contributed by atoms with E-state index < -0.39 is 0 Å². The molecule has 0 bridgehead atoms. The summed E-state index contributed by atoms with van der Waals surface area (Å²) in [6.07, 6.45) is 1.04. The minimum atomic E-state index is -0.255. The third kappa shape index (κ3) is 5.29. The van der Waals surface area contributed by atoms with Crippen LogP contribution >= 0.6 is 12.2 Å². The van der Waals surface area contributed by atoms with Crippen molar-refractivity contribution in [3.63, 3.8) is 0 Å². The molecular weight excluding hydrogens is 448 g/mol. The maximum Gasteiger partial charge on any atom is 0.258 e. The predicted molar refractivity (Wildman–Crippen MR) is 136 cm³/mol. The summed E-state index contributed by atoms with van der Waals surface area (Å²) in [6, 6.07) is 17.5. The minimum Gasteiger partial charge on any atom is -0.497 e. The van der Waals surface area contributed by atoms with Crippen molar-refractivity contribution in [1.29, 1.82) is 0 Å². The van der Waals surface area contributed by atoms with E-state index in [1.54, 1.807) is 7.11 Å². The van der Waals surface area contributed by atoms with Gasteiger partial charge in [-0.25, -0.2) is 0 Å². The Morgan fingerprint density at radius 3 is 2.68 bits per heavy atom. The fourth-order valence-corrected chi connectivity index (χ4v) is 4.32. The van der Waals surface area contributed by atoms with Crippen LogP contribution < -0.4 is 10.1 Å². The van der Waals surface area contributed by atoms with Crippen molar-refractivity contribution in [1.82, 2.24) is 20.4 Å². The molecule has 2 heterocycles. The fourth-order valence-electron chi connectivity index (χ4n) is 3.98. The van der Waals surface area contributed by atoms with Crippen LogP contribution in [-0.2, 0) is 4.74 Å². The van der Waals surface area contributed by atoms with Crippen molar-refractivity contribution in [2.75, 3.05) is 20.3 Å². The van der Waals surface area contributed by atoms with Crippen LogP contribution in [0.1, 0.15) is 44.7 Å². The Bertz CT molecular complexity index is 1160. The van der Waals surface area contributed by atoms with Crippen molar-refractivity contribution < 1.29 is 14.0 Å². The van der Waals surface area contributed by atoms with Crippen LogP contribution in [0.25, 0.3) is 17.0 Å². The number of thiocarbonyl (C=S) groups is 1. The first kappa shape index (κ1) is 23.9. The zero-order chi connectivity index (χ0) is 24.1. The van der Waals surface area contributed by atoms with Gasteiger partial charge in [0.05, 0.1) is 24.8 Å². The van der Waals surface area contributed by atoms with Gasteiger partial charge in [-0.1, -0.05) is 47.6 Å². The Hall–Kier alpha value is -3.23. The van der Waals surface area contributed by atoms with Gasteiger partial charge in [-0.2, -0.15) is 4.98 Å². The summed E-state index contributed by atoms with van der Waals surface area (Å²) < 4.78 is 17.0. The molecule has 1 aromatic heterocycles. The van der Waals surface area contributed by atoms with Gasteiger partial charge in [0.15, 0.2) is 5.11 Å². The van der Waals surface area contributed by atoms with E-state index in [1.807, 2.05) is 75.4 Å². The molecule has 1 aliphatic heterocycles. The zero-order valence-corrected chi connectivity index (χ0v) is 20.8. The van der Waals surface area contributed by atoms with Crippen LogP contribution in [-0.4, -0.2) is 46.5 Å². The normalized spacial score (nSPS) is 16.2. The summed E-state index contributed by atoms with van der Waals surface area (Å²) in [6.45, 7) is 7.51. The highest BCUT2D eigenvalue weighted by atomic mass is 32.1. The Morgan fingerprint density at radius 2 is 1.94 bits per heavy atom. The number of benzene rings is 2. The third-order valence-electron chi connectivity index (χ3n) is 5.69. The van der Waals surface area contributed by atoms with E-state index >= 15 is 0 Å². The first-order chi connectivity index (χ1) is 16.5. The standard InChI is InChI=1S/C26H30N4O3S/c1-17(2)32-15-9-14-30-18(3)22(25-28-24(29-33-25)19-10-6-5-7-11-19)23(27-26(30)34)20-12-8-13-21(16-20)31-4/h5-8,10-13,16-17,23H,9,14-15H2,1-4H3,(H,27,34). The molecule has 3 aromatic rings. The number of aromatic nitrogens is 2. The van der Waals surface area contributed by atoms with Crippen molar-refractivity contribution in [2.45, 2.75) is 39.3 Å². The lowest BCUT2D eigenvalue weighted by atomic mass is 9.94. The molecule has 1 N–H and O–H groups in total. The largest absolute Gasteiger partial charge is 0.497 e. The monoisotopic (exact) mass is 478 g/mol. The fraction of sp³-hybridized carbons (Fsp3) is 0.346. The molecule has 0 amide bonds. The minimum absolute atomic E-state index is 0.200. The van der Waals surface area contributed by atoms with E-state index in [0.717, 1.165) is 41.1 Å². The number of allylic oxidation sites excluding steroid dienone is 1. The Morgan fingerprint density at radius 1 is 1.15 bits per heavy atom. The second kappa shape index (κ2) is 10.8. The SMILES string of the molecule is COc1cccc(C2NC(=S)N(CCCOC(C)C)C(C)=C2c2nc(-c3ccccc3)no2)c1. The summed E-state index contributed by atoms with van der Waals surface area (Å²) in [5, 5.41) is 8.39. The highest BCUT2D eigenvalue weighted by Gasteiger charge is 2.34. The highest BCUT2D eigenvalue weighted by molar-refractivity contribution is 7.80. The lowest BCUT2D eigenvalue weighted by molar-refractivity contribution is 0.0749. The second-order valence-corrected chi connectivity index (χ2v) is 8.76. The Labute approximate surface area is 205 Å². The topological polar surface area (TPSA) is 72.7 Å². The molecule has 178 valence electrons. The molecule has 1 aliphatic rings. The van der Waals surface area contributed by atoms with Gasteiger partial charge in [-0.05, 0) is 57.1 Å². The smallest absolute Gasteiger partial charge is 0.258 e. The van der Waals surface area contributed by atoms with Crippen LogP contribution in [0.5, 0.6) is 5.75 Å². The van der Waals surface area contributed by atoms with E-state index in [-0.39, 0.29) is 12.1 Å². The Balaban J connectivity index is 1.72. The molecule has 0 aliphatic carbocycles. The number of rotatable bonds is 9. The molecule has 0 saturated heterocycles. The second-order valence-electron chi connectivity index (χ2n) is 8.37. The molecule has 0 spiro atoms. The number of ether oxygens (including phenoxy) is 2. The third-order valence-corrected chi connectivity index (χ3v) is 6.03. The molecule has 0 fully saturated rings. The van der Waals surface area contributed by atoms with Gasteiger partial charge >= 0.3 is 0 Å². The number of nitrogens with one attached hydrogen (secondary N) is 1. The molecule has 1 atom stereocenters. The summed E-state index contributed by atoms with van der Waals surface area (Å²) in [5.41, 5.74) is 3.76. The van der Waals surface area contributed by atoms with Gasteiger partial charge in [0, 0.05) is 24.4 Å². The molecule has 34 heavy (non-hydrogen) atoms. The first-order valence-corrected chi connectivity index (χ1v) is 11.8. The molecule has 8 heteroatoms. The Kier molecular flexibility index (Phi) is 7.59. The van der Waals surface area contributed by atoms with Crippen molar-refractivity contribution in [3.8, 4) is 17.1 Å². The lowest BCUT2D eigenvalue weighted by Crippen LogP contribution is -2.46. The zero-order valence-electron chi connectivity index (χ0n) is 19.9. The summed E-state index contributed by atoms with van der Waals surface area (Å²) in [4.78, 5) is 6.83. The first-order valence-electron chi connectivity index (χ1n) is 11.4. The van der Waals surface area contributed by atoms with E-state index in [4.69, 9.17) is 31.2 Å². The van der Waals surface area contributed by atoms with Crippen LogP contribution in [0.2, 0.25) is 0 Å². The van der Waals surface area contributed by atoms with E-state index in [2.05, 4.69) is 15.4 Å². The quantitative estimate of drug-likeness (QED) is 0.331. The maximum atomic E-state index is 5.79. The lowest BCUT2D eigenvalue weighted by Gasteiger charge is -2.37. The van der Waals surface area contributed by atoms with Crippen LogP contribution in [0, 0.1) is 0 Å². The molecule has 2 aromatic carbocycles. The van der Waals surface area contributed by atoms with Gasteiger partial charge in [0.25, 0.3) is 5.89 Å². The van der Waals surface area contributed by atoms with Gasteiger partial charge in [-0.3, -0.25) is 0 Å². The average molecular weight is 479 g/mol. The van der Waals surface area contributed by atoms with Gasteiger partial charge in [-0.15, -0.1) is 0 Å². The molecule has 1 unspecified atom stereocenters. The molecule has 0 radical (unpaired) electrons. The molecular formula is C26H30N4O3S. The van der Waals surface area contributed by atoms with E-state index in [1.165, 1.54) is 0 Å². The van der Waals surface area contributed by atoms with Gasteiger partial charge in [0.2, 0.25) is 5.82 Å². The van der Waals surface area contributed by atoms with Crippen LogP contribution in [0.3, 0.4) is 0 Å². The predicted octanol–water partition coefficient (Wildman–Crippen LogP) is 5.22. The van der Waals surface area contributed by atoms with Crippen molar-refractivity contribution >= 4 is 22.9 Å². The molecule has 4 rings (SSSR count). The summed E-state index contributed by atoms with van der Waals surface area (Å²) in [5.74, 6) is 1.78. The van der Waals surface area contributed by atoms with Gasteiger partial charge in [0.1, 0.15) is 5.75 Å². The number of hydrogen-bond donors (Lipinski definition) is 1. The number of methoxy groups -OCH3 is 1. The summed E-state index contributed by atoms with van der Waals surface area (Å²) >= 11 is 5.77. The van der Waals surface area contributed by atoms with E-state index in [9.17, 15) is 0 Å². The van der Waals surface area contributed by atoms with Gasteiger partial charge < -0.3 is 24.2 Å². The summed E-state index contributed by atoms with van der Waals surface area (Å²) in [7, 11) is 1.66. The maximum absolute atomic E-state index is 5.79. The van der Waals surface area contributed by atoms with Crippen LogP contribution in [0.4, 0.5) is 0 Å². The van der Waals surface area contributed by atoms with Crippen molar-refractivity contribution in [3.05, 3.63) is 71.7 Å². The van der Waals surface area contributed by atoms with Crippen molar-refractivity contribution in [2.24, 2.45) is 0 Å².